The highest BCUT2D eigenvalue weighted by Crippen LogP contribution is 2.31. The van der Waals surface area contributed by atoms with Crippen LogP contribution in [0.25, 0.3) is 0 Å². The van der Waals surface area contributed by atoms with Gasteiger partial charge >= 0.3 is 12.0 Å². The third-order valence-electron chi connectivity index (χ3n) is 6.02. The van der Waals surface area contributed by atoms with E-state index in [1.165, 1.54) is 5.56 Å². The number of rotatable bonds is 6. The molecule has 0 aliphatic carbocycles. The van der Waals surface area contributed by atoms with Crippen molar-refractivity contribution in [1.82, 2.24) is 20.4 Å². The number of hydrogen-bond acceptors (Lipinski definition) is 5. The maximum absolute atomic E-state index is 13.0. The molecule has 1 saturated heterocycles. The first-order chi connectivity index (χ1) is 15.6. The molecule has 1 fully saturated rings. The van der Waals surface area contributed by atoms with Crippen molar-refractivity contribution in [3.05, 3.63) is 83.1 Å². The lowest BCUT2D eigenvalue weighted by atomic mass is 9.94. The molecule has 7 nitrogen and oxygen atoms in total. The number of amides is 2. The third-order valence-corrected chi connectivity index (χ3v) is 6.02. The zero-order valence-corrected chi connectivity index (χ0v) is 18.6. The largest absolute Gasteiger partial charge is 0.463 e. The van der Waals surface area contributed by atoms with Crippen LogP contribution in [0.15, 0.2) is 71.9 Å². The van der Waals surface area contributed by atoms with Crippen LogP contribution in [0.5, 0.6) is 0 Å². The monoisotopic (exact) mass is 434 g/mol. The third kappa shape index (κ3) is 4.84. The summed E-state index contributed by atoms with van der Waals surface area (Å²) in [6.07, 6.45) is 0. The SMILES string of the molecule is CCOC(=O)C1=C(CN2CCN(C)CC2c2ccccc2)NC(=O)NC1c1ccccc1. The number of esters is 1. The van der Waals surface area contributed by atoms with Gasteiger partial charge in [-0.25, -0.2) is 9.59 Å². The smallest absolute Gasteiger partial charge is 0.338 e. The molecule has 2 N–H and O–H groups in total. The summed E-state index contributed by atoms with van der Waals surface area (Å²) in [5, 5.41) is 5.81. The summed E-state index contributed by atoms with van der Waals surface area (Å²) >= 11 is 0. The van der Waals surface area contributed by atoms with Gasteiger partial charge in [0.25, 0.3) is 0 Å². The lowest BCUT2D eigenvalue weighted by molar-refractivity contribution is -0.139. The summed E-state index contributed by atoms with van der Waals surface area (Å²) < 4.78 is 5.40. The Bertz CT molecular complexity index is 977. The van der Waals surface area contributed by atoms with Crippen molar-refractivity contribution >= 4 is 12.0 Å². The van der Waals surface area contributed by atoms with E-state index in [1.54, 1.807) is 6.92 Å². The Morgan fingerprint density at radius 1 is 1.03 bits per heavy atom. The number of nitrogens with one attached hydrogen (secondary N) is 2. The van der Waals surface area contributed by atoms with Gasteiger partial charge in [-0.3, -0.25) is 4.90 Å². The predicted molar refractivity (Wildman–Crippen MR) is 123 cm³/mol. The fraction of sp³-hybridized carbons (Fsp3) is 0.360. The Morgan fingerprint density at radius 3 is 2.34 bits per heavy atom. The minimum atomic E-state index is -0.554. The number of urea groups is 1. The van der Waals surface area contributed by atoms with Gasteiger partial charge in [0.1, 0.15) is 0 Å². The molecule has 0 spiro atoms. The quantitative estimate of drug-likeness (QED) is 0.684. The average Bonchev–Trinajstić information content (AvgIpc) is 2.81. The van der Waals surface area contributed by atoms with Crippen LogP contribution in [0.2, 0.25) is 0 Å². The minimum absolute atomic E-state index is 0.160. The normalized spacial score (nSPS) is 22.2. The van der Waals surface area contributed by atoms with Crippen molar-refractivity contribution < 1.29 is 14.3 Å². The second-order valence-corrected chi connectivity index (χ2v) is 8.21. The molecule has 168 valence electrons. The Kier molecular flexibility index (Phi) is 6.87. The van der Waals surface area contributed by atoms with E-state index in [1.807, 2.05) is 48.5 Å². The molecular formula is C25H30N4O3. The summed E-state index contributed by atoms with van der Waals surface area (Å²) in [5.74, 6) is -0.408. The number of ether oxygens (including phenoxy) is 1. The van der Waals surface area contributed by atoms with E-state index in [0.29, 0.717) is 17.8 Å². The molecule has 4 rings (SSSR count). The summed E-state index contributed by atoms with van der Waals surface area (Å²) in [4.78, 5) is 30.3. The zero-order chi connectivity index (χ0) is 22.5. The molecule has 2 unspecified atom stereocenters. The van der Waals surface area contributed by atoms with Crippen LogP contribution in [-0.2, 0) is 9.53 Å². The molecule has 2 aliphatic rings. The second-order valence-electron chi connectivity index (χ2n) is 8.21. The fourth-order valence-electron chi connectivity index (χ4n) is 4.43. The van der Waals surface area contributed by atoms with Crippen LogP contribution in [0.3, 0.4) is 0 Å². The Labute approximate surface area is 189 Å². The van der Waals surface area contributed by atoms with E-state index >= 15 is 0 Å². The van der Waals surface area contributed by atoms with E-state index in [0.717, 1.165) is 25.2 Å². The molecule has 0 saturated carbocycles. The summed E-state index contributed by atoms with van der Waals surface area (Å²) in [6.45, 7) is 5.13. The summed E-state index contributed by atoms with van der Waals surface area (Å²) in [7, 11) is 2.12. The van der Waals surface area contributed by atoms with E-state index in [4.69, 9.17) is 4.74 Å². The molecule has 2 heterocycles. The molecule has 2 amide bonds. The van der Waals surface area contributed by atoms with Crippen molar-refractivity contribution in [2.24, 2.45) is 0 Å². The first-order valence-electron chi connectivity index (χ1n) is 11.1. The fourth-order valence-corrected chi connectivity index (χ4v) is 4.43. The lowest BCUT2D eigenvalue weighted by Crippen LogP contribution is -2.52. The van der Waals surface area contributed by atoms with E-state index in [2.05, 4.69) is 39.6 Å². The van der Waals surface area contributed by atoms with Gasteiger partial charge in [-0.2, -0.15) is 0 Å². The van der Waals surface area contributed by atoms with Gasteiger partial charge in [-0.05, 0) is 25.1 Å². The highest BCUT2D eigenvalue weighted by molar-refractivity contribution is 5.95. The van der Waals surface area contributed by atoms with Crippen molar-refractivity contribution in [2.75, 3.05) is 39.8 Å². The van der Waals surface area contributed by atoms with Gasteiger partial charge in [0.2, 0.25) is 0 Å². The van der Waals surface area contributed by atoms with E-state index in [9.17, 15) is 9.59 Å². The molecule has 2 aromatic carbocycles. The number of piperazine rings is 1. The highest BCUT2D eigenvalue weighted by atomic mass is 16.5. The van der Waals surface area contributed by atoms with Crippen LogP contribution in [0.1, 0.15) is 30.1 Å². The van der Waals surface area contributed by atoms with Gasteiger partial charge in [0, 0.05) is 37.9 Å². The number of hydrogen-bond donors (Lipinski definition) is 2. The Hall–Kier alpha value is -3.16. The first-order valence-corrected chi connectivity index (χ1v) is 11.1. The van der Waals surface area contributed by atoms with Crippen LogP contribution in [0, 0.1) is 0 Å². The molecule has 0 aromatic heterocycles. The van der Waals surface area contributed by atoms with Gasteiger partial charge in [0.05, 0.1) is 18.2 Å². The zero-order valence-electron chi connectivity index (χ0n) is 18.6. The molecule has 7 heteroatoms. The topological polar surface area (TPSA) is 73.9 Å². The number of nitrogens with zero attached hydrogens (tertiary/aromatic N) is 2. The van der Waals surface area contributed by atoms with Crippen molar-refractivity contribution in [2.45, 2.75) is 19.0 Å². The number of benzene rings is 2. The van der Waals surface area contributed by atoms with Crippen molar-refractivity contribution in [3.63, 3.8) is 0 Å². The molecule has 0 bridgehead atoms. The number of carbonyl (C=O) groups is 2. The molecular weight excluding hydrogens is 404 g/mol. The maximum atomic E-state index is 13.0. The first kappa shape index (κ1) is 22.0. The molecule has 2 aromatic rings. The lowest BCUT2D eigenvalue weighted by Gasteiger charge is -2.41. The molecule has 2 atom stereocenters. The van der Waals surface area contributed by atoms with E-state index in [-0.39, 0.29) is 18.7 Å². The molecule has 32 heavy (non-hydrogen) atoms. The van der Waals surface area contributed by atoms with Crippen LogP contribution >= 0.6 is 0 Å². The van der Waals surface area contributed by atoms with E-state index < -0.39 is 12.0 Å². The predicted octanol–water partition coefficient (Wildman–Crippen LogP) is 2.85. The molecule has 2 aliphatic heterocycles. The van der Waals surface area contributed by atoms with Gasteiger partial charge in [-0.15, -0.1) is 0 Å². The van der Waals surface area contributed by atoms with Crippen molar-refractivity contribution in [3.8, 4) is 0 Å². The Balaban J connectivity index is 1.71. The summed E-state index contributed by atoms with van der Waals surface area (Å²) in [5.41, 5.74) is 3.13. The Morgan fingerprint density at radius 2 is 1.69 bits per heavy atom. The maximum Gasteiger partial charge on any atom is 0.338 e. The second kappa shape index (κ2) is 9.97. The van der Waals surface area contributed by atoms with Crippen LogP contribution < -0.4 is 10.6 Å². The highest BCUT2D eigenvalue weighted by Gasteiger charge is 2.36. The minimum Gasteiger partial charge on any atom is -0.463 e. The van der Waals surface area contributed by atoms with Gasteiger partial charge in [-0.1, -0.05) is 60.7 Å². The molecule has 0 radical (unpaired) electrons. The van der Waals surface area contributed by atoms with Crippen LogP contribution in [0.4, 0.5) is 4.79 Å². The van der Waals surface area contributed by atoms with Gasteiger partial charge in [0.15, 0.2) is 0 Å². The van der Waals surface area contributed by atoms with Crippen LogP contribution in [-0.4, -0.2) is 61.6 Å². The summed E-state index contributed by atoms with van der Waals surface area (Å²) in [6, 6.07) is 19.2. The number of carbonyl (C=O) groups excluding carboxylic acids is 2. The number of likely N-dealkylation sites (N-methyl/N-ethyl adjacent to an activating group) is 1. The van der Waals surface area contributed by atoms with Gasteiger partial charge < -0.3 is 20.3 Å². The standard InChI is InChI=1S/C25H30N4O3/c1-3-32-24(30)22-20(26-25(31)27-23(22)19-12-8-5-9-13-19)16-29-15-14-28(2)17-21(29)18-10-6-4-7-11-18/h4-13,21,23H,3,14-17H2,1-2H3,(H2,26,27,31). The van der Waals surface area contributed by atoms with Crippen molar-refractivity contribution in [1.29, 1.82) is 0 Å². The average molecular weight is 435 g/mol.